The van der Waals surface area contributed by atoms with Crippen molar-refractivity contribution in [1.82, 2.24) is 29.4 Å². The first-order chi connectivity index (χ1) is 15.3. The van der Waals surface area contributed by atoms with Crippen LogP contribution in [0.5, 0.6) is 0 Å². The summed E-state index contributed by atoms with van der Waals surface area (Å²) in [6.07, 6.45) is 1.58. The lowest BCUT2D eigenvalue weighted by Crippen LogP contribution is -2.31. The van der Waals surface area contributed by atoms with E-state index in [4.69, 9.17) is 0 Å². The summed E-state index contributed by atoms with van der Waals surface area (Å²) in [5.41, 5.74) is 4.99. The van der Waals surface area contributed by atoms with Gasteiger partial charge in [0, 0.05) is 36.6 Å². The second kappa shape index (κ2) is 8.53. The molecule has 0 N–H and O–H groups in total. The Bertz CT molecular complexity index is 1310. The molecule has 1 aromatic carbocycles. The number of nitrogens with zero attached hydrogens (tertiary/aromatic N) is 6. The average Bonchev–Trinajstić information content (AvgIpc) is 3.31. The largest absolute Gasteiger partial charge is 0.334 e. The number of rotatable bonds is 6. The van der Waals surface area contributed by atoms with Crippen molar-refractivity contribution < 1.29 is 9.18 Å². The second-order valence-corrected chi connectivity index (χ2v) is 7.84. The third-order valence-electron chi connectivity index (χ3n) is 5.83. The number of amides is 1. The molecular weight excluding hydrogens is 407 g/mol. The lowest BCUT2D eigenvalue weighted by Gasteiger charge is -2.22. The SMILES string of the molecule is CCN(Cc1c(C)nn(CC)c1C)C(=O)c1cc(C)nc2c1cnn2-c1ccccc1F. The molecule has 7 nitrogen and oxygen atoms in total. The van der Waals surface area contributed by atoms with Gasteiger partial charge in [-0.2, -0.15) is 10.2 Å². The lowest BCUT2D eigenvalue weighted by molar-refractivity contribution is 0.0754. The summed E-state index contributed by atoms with van der Waals surface area (Å²) in [7, 11) is 0. The molecule has 8 heteroatoms. The summed E-state index contributed by atoms with van der Waals surface area (Å²) in [6.45, 7) is 11.6. The molecule has 3 aromatic heterocycles. The van der Waals surface area contributed by atoms with Crippen molar-refractivity contribution in [2.24, 2.45) is 0 Å². The molecule has 4 rings (SSSR count). The van der Waals surface area contributed by atoms with Crippen LogP contribution in [0.15, 0.2) is 36.5 Å². The van der Waals surface area contributed by atoms with Gasteiger partial charge < -0.3 is 4.90 Å². The zero-order chi connectivity index (χ0) is 23.0. The highest BCUT2D eigenvalue weighted by Gasteiger charge is 2.23. The van der Waals surface area contributed by atoms with Crippen molar-refractivity contribution in [3.8, 4) is 5.69 Å². The molecule has 0 aliphatic rings. The quantitative estimate of drug-likeness (QED) is 0.452. The Morgan fingerprint density at radius 1 is 1.16 bits per heavy atom. The van der Waals surface area contributed by atoms with Gasteiger partial charge in [-0.1, -0.05) is 12.1 Å². The van der Waals surface area contributed by atoms with Crippen molar-refractivity contribution in [2.45, 2.75) is 47.7 Å². The number of hydrogen-bond acceptors (Lipinski definition) is 4. The number of fused-ring (bicyclic) bond motifs is 1. The minimum Gasteiger partial charge on any atom is -0.334 e. The predicted molar refractivity (Wildman–Crippen MR) is 121 cm³/mol. The fraction of sp³-hybridized carbons (Fsp3) is 0.333. The van der Waals surface area contributed by atoms with E-state index in [1.165, 1.54) is 10.7 Å². The van der Waals surface area contributed by atoms with Crippen LogP contribution in [0.2, 0.25) is 0 Å². The molecule has 4 aromatic rings. The minimum absolute atomic E-state index is 0.112. The fourth-order valence-corrected chi connectivity index (χ4v) is 4.06. The van der Waals surface area contributed by atoms with Crippen LogP contribution in [-0.2, 0) is 13.1 Å². The maximum absolute atomic E-state index is 14.4. The molecule has 0 bridgehead atoms. The zero-order valence-corrected chi connectivity index (χ0v) is 19.1. The Morgan fingerprint density at radius 3 is 2.56 bits per heavy atom. The molecule has 0 atom stereocenters. The smallest absolute Gasteiger partial charge is 0.255 e. The number of aryl methyl sites for hydroxylation is 3. The van der Waals surface area contributed by atoms with Gasteiger partial charge in [0.25, 0.3) is 5.91 Å². The van der Waals surface area contributed by atoms with Crippen LogP contribution in [-0.4, -0.2) is 41.9 Å². The topological polar surface area (TPSA) is 68.8 Å². The van der Waals surface area contributed by atoms with Crippen LogP contribution in [0.25, 0.3) is 16.7 Å². The molecule has 32 heavy (non-hydrogen) atoms. The molecule has 0 spiro atoms. The van der Waals surface area contributed by atoms with Gasteiger partial charge in [-0.25, -0.2) is 14.1 Å². The fourth-order valence-electron chi connectivity index (χ4n) is 4.06. The van der Waals surface area contributed by atoms with E-state index in [9.17, 15) is 9.18 Å². The highest BCUT2D eigenvalue weighted by Crippen LogP contribution is 2.25. The standard InChI is InChI=1S/C24H27FN6O/c1-6-29(14-20-16(4)28-30(7-2)17(20)5)24(32)18-12-15(3)27-23-19(18)13-26-31(23)22-11-9-8-10-21(22)25/h8-13H,6-7,14H2,1-5H3. The number of aromatic nitrogens is 5. The van der Waals surface area contributed by atoms with Gasteiger partial charge in [0.05, 0.1) is 22.8 Å². The van der Waals surface area contributed by atoms with Crippen LogP contribution in [0.3, 0.4) is 0 Å². The van der Waals surface area contributed by atoms with Crippen LogP contribution < -0.4 is 0 Å². The molecule has 0 radical (unpaired) electrons. The molecule has 166 valence electrons. The third kappa shape index (κ3) is 3.66. The number of hydrogen-bond donors (Lipinski definition) is 0. The van der Waals surface area contributed by atoms with Gasteiger partial charge in [0.2, 0.25) is 0 Å². The van der Waals surface area contributed by atoms with E-state index in [1.807, 2.05) is 32.4 Å². The molecule has 0 saturated heterocycles. The maximum atomic E-state index is 14.4. The molecule has 1 amide bonds. The normalized spacial score (nSPS) is 11.3. The summed E-state index contributed by atoms with van der Waals surface area (Å²) < 4.78 is 17.8. The van der Waals surface area contributed by atoms with E-state index in [2.05, 4.69) is 22.1 Å². The first-order valence-corrected chi connectivity index (χ1v) is 10.8. The molecule has 0 saturated carbocycles. The number of halogens is 1. The Kier molecular flexibility index (Phi) is 5.78. The summed E-state index contributed by atoms with van der Waals surface area (Å²) in [6, 6.07) is 8.17. The van der Waals surface area contributed by atoms with Crippen molar-refractivity contribution in [2.75, 3.05) is 6.54 Å². The highest BCUT2D eigenvalue weighted by molar-refractivity contribution is 6.05. The Morgan fingerprint density at radius 2 is 1.91 bits per heavy atom. The molecule has 0 fully saturated rings. The highest BCUT2D eigenvalue weighted by atomic mass is 19.1. The van der Waals surface area contributed by atoms with E-state index < -0.39 is 5.82 Å². The summed E-state index contributed by atoms with van der Waals surface area (Å²) in [5.74, 6) is -0.512. The lowest BCUT2D eigenvalue weighted by atomic mass is 10.1. The Labute approximate surface area is 186 Å². The third-order valence-corrected chi connectivity index (χ3v) is 5.83. The van der Waals surface area contributed by atoms with E-state index in [-0.39, 0.29) is 5.91 Å². The van der Waals surface area contributed by atoms with Crippen molar-refractivity contribution >= 4 is 16.9 Å². The summed E-state index contributed by atoms with van der Waals surface area (Å²) >= 11 is 0. The summed E-state index contributed by atoms with van der Waals surface area (Å²) in [5, 5.41) is 9.53. The van der Waals surface area contributed by atoms with Gasteiger partial charge in [0.1, 0.15) is 11.5 Å². The summed E-state index contributed by atoms with van der Waals surface area (Å²) in [4.78, 5) is 20.0. The maximum Gasteiger partial charge on any atom is 0.255 e. The van der Waals surface area contributed by atoms with Crippen LogP contribution >= 0.6 is 0 Å². The van der Waals surface area contributed by atoms with Crippen LogP contribution in [0.1, 0.15) is 46.9 Å². The number of benzene rings is 1. The monoisotopic (exact) mass is 434 g/mol. The number of carbonyl (C=O) groups is 1. The molecule has 0 unspecified atom stereocenters. The molecule has 0 aliphatic carbocycles. The van der Waals surface area contributed by atoms with Crippen molar-refractivity contribution in [1.29, 1.82) is 0 Å². The van der Waals surface area contributed by atoms with Crippen LogP contribution in [0.4, 0.5) is 4.39 Å². The van der Waals surface area contributed by atoms with Crippen molar-refractivity contribution in [3.05, 3.63) is 70.6 Å². The average molecular weight is 435 g/mol. The molecular formula is C24H27FN6O. The number of para-hydroxylation sites is 1. The van der Waals surface area contributed by atoms with Gasteiger partial charge in [0.15, 0.2) is 5.65 Å². The molecule has 3 heterocycles. The van der Waals surface area contributed by atoms with E-state index in [1.54, 1.807) is 35.4 Å². The van der Waals surface area contributed by atoms with E-state index >= 15 is 0 Å². The van der Waals surface area contributed by atoms with E-state index in [0.717, 1.165) is 23.5 Å². The van der Waals surface area contributed by atoms with Gasteiger partial charge in [-0.05, 0) is 52.8 Å². The van der Waals surface area contributed by atoms with Gasteiger partial charge >= 0.3 is 0 Å². The van der Waals surface area contributed by atoms with Crippen LogP contribution in [0, 0.1) is 26.6 Å². The Hall–Kier alpha value is -3.55. The van der Waals surface area contributed by atoms with Gasteiger partial charge in [-0.15, -0.1) is 0 Å². The second-order valence-electron chi connectivity index (χ2n) is 7.84. The van der Waals surface area contributed by atoms with Gasteiger partial charge in [-0.3, -0.25) is 9.48 Å². The molecule has 0 aliphatic heterocycles. The first kappa shape index (κ1) is 21.7. The number of carbonyl (C=O) groups excluding carboxylic acids is 1. The minimum atomic E-state index is -0.400. The van der Waals surface area contributed by atoms with Crippen molar-refractivity contribution in [3.63, 3.8) is 0 Å². The first-order valence-electron chi connectivity index (χ1n) is 10.8. The van der Waals surface area contributed by atoms with E-state index in [0.29, 0.717) is 41.1 Å². The number of pyridine rings is 1. The Balaban J connectivity index is 1.76. The predicted octanol–water partition coefficient (Wildman–Crippen LogP) is 4.36. The zero-order valence-electron chi connectivity index (χ0n) is 19.1.